The van der Waals surface area contributed by atoms with Gasteiger partial charge >= 0.3 is 0 Å². The molecule has 1 aromatic carbocycles. The summed E-state index contributed by atoms with van der Waals surface area (Å²) in [4.78, 5) is 12.7. The summed E-state index contributed by atoms with van der Waals surface area (Å²) in [5.41, 5.74) is 1.16. The number of hydrogen-bond acceptors (Lipinski definition) is 3. The highest BCUT2D eigenvalue weighted by Crippen LogP contribution is 2.34. The van der Waals surface area contributed by atoms with Gasteiger partial charge < -0.3 is 15.4 Å². The highest BCUT2D eigenvalue weighted by molar-refractivity contribution is 5.85. The molecule has 0 radical (unpaired) electrons. The van der Waals surface area contributed by atoms with Crippen molar-refractivity contribution in [2.24, 2.45) is 5.92 Å². The maximum absolute atomic E-state index is 12.7. The van der Waals surface area contributed by atoms with Crippen LogP contribution in [-0.2, 0) is 9.53 Å². The van der Waals surface area contributed by atoms with Crippen LogP contribution in [0.4, 0.5) is 0 Å². The highest BCUT2D eigenvalue weighted by atomic mass is 35.5. The molecule has 0 spiro atoms. The summed E-state index contributed by atoms with van der Waals surface area (Å²) < 4.78 is 5.87. The minimum atomic E-state index is -0.0138. The molecule has 2 N–H and O–H groups in total. The Morgan fingerprint density at radius 2 is 1.92 bits per heavy atom. The van der Waals surface area contributed by atoms with E-state index in [9.17, 15) is 4.79 Å². The Morgan fingerprint density at radius 3 is 2.71 bits per heavy atom. The van der Waals surface area contributed by atoms with Gasteiger partial charge in [-0.2, -0.15) is 0 Å². The molecule has 5 heteroatoms. The molecule has 3 aliphatic rings. The van der Waals surface area contributed by atoms with Crippen LogP contribution in [0.15, 0.2) is 30.3 Å². The SMILES string of the molecule is Cl.O=C(NC1CCOC1c1ccccc1)C1CC2CCCCC2N1. The van der Waals surface area contributed by atoms with Gasteiger partial charge in [0.15, 0.2) is 0 Å². The number of halogens is 1. The number of fused-ring (bicyclic) bond motifs is 1. The van der Waals surface area contributed by atoms with E-state index in [0.29, 0.717) is 18.6 Å². The number of amides is 1. The number of rotatable bonds is 3. The highest BCUT2D eigenvalue weighted by Gasteiger charge is 2.40. The van der Waals surface area contributed by atoms with Crippen molar-refractivity contribution >= 4 is 18.3 Å². The quantitative estimate of drug-likeness (QED) is 0.881. The van der Waals surface area contributed by atoms with Gasteiger partial charge in [0, 0.05) is 12.6 Å². The fourth-order valence-corrected chi connectivity index (χ4v) is 4.51. The number of benzene rings is 1. The Kier molecular flexibility index (Phi) is 5.80. The fourth-order valence-electron chi connectivity index (χ4n) is 4.51. The topological polar surface area (TPSA) is 50.4 Å². The molecule has 3 fully saturated rings. The average Bonchev–Trinajstić information content (AvgIpc) is 3.22. The summed E-state index contributed by atoms with van der Waals surface area (Å²) in [6.07, 6.45) is 7.02. The largest absolute Gasteiger partial charge is 0.371 e. The van der Waals surface area contributed by atoms with E-state index in [1.54, 1.807) is 0 Å². The molecule has 4 rings (SSSR count). The predicted molar refractivity (Wildman–Crippen MR) is 96.2 cm³/mol. The number of ether oxygens (including phenoxy) is 1. The first-order chi connectivity index (χ1) is 11.3. The summed E-state index contributed by atoms with van der Waals surface area (Å²) in [7, 11) is 0. The molecule has 5 atom stereocenters. The molecule has 5 unspecified atom stereocenters. The molecular weight excluding hydrogens is 324 g/mol. The van der Waals surface area contributed by atoms with Crippen LogP contribution < -0.4 is 10.6 Å². The van der Waals surface area contributed by atoms with Crippen LogP contribution in [0.3, 0.4) is 0 Å². The number of carbonyl (C=O) groups excluding carboxylic acids is 1. The molecule has 2 aliphatic heterocycles. The second kappa shape index (κ2) is 7.85. The van der Waals surface area contributed by atoms with E-state index in [0.717, 1.165) is 18.4 Å². The standard InChI is InChI=1S/C19H26N2O2.ClH/c22-19(17-12-14-8-4-5-9-15(14)20-17)21-16-10-11-23-18(16)13-6-2-1-3-7-13;/h1-3,6-7,14-18,20H,4-5,8-12H2,(H,21,22);1H. The first-order valence-corrected chi connectivity index (χ1v) is 9.04. The minimum absolute atomic E-state index is 0. The van der Waals surface area contributed by atoms with Crippen molar-refractivity contribution < 1.29 is 9.53 Å². The number of carbonyl (C=O) groups is 1. The third-order valence-electron chi connectivity index (χ3n) is 5.73. The molecular formula is C19H27ClN2O2. The zero-order valence-electron chi connectivity index (χ0n) is 13.9. The smallest absolute Gasteiger partial charge is 0.237 e. The van der Waals surface area contributed by atoms with E-state index in [2.05, 4.69) is 22.8 Å². The molecule has 132 valence electrons. The van der Waals surface area contributed by atoms with E-state index < -0.39 is 0 Å². The first-order valence-electron chi connectivity index (χ1n) is 9.04. The predicted octanol–water partition coefficient (Wildman–Crippen LogP) is 2.98. The Morgan fingerprint density at radius 1 is 1.12 bits per heavy atom. The van der Waals surface area contributed by atoms with Gasteiger partial charge in [-0.25, -0.2) is 0 Å². The Bertz CT molecular complexity index is 540. The van der Waals surface area contributed by atoms with Crippen LogP contribution in [0.25, 0.3) is 0 Å². The molecule has 4 nitrogen and oxygen atoms in total. The van der Waals surface area contributed by atoms with Crippen molar-refractivity contribution in [1.82, 2.24) is 10.6 Å². The molecule has 1 saturated carbocycles. The summed E-state index contributed by atoms with van der Waals surface area (Å²) in [5.74, 6) is 0.861. The maximum atomic E-state index is 12.7. The van der Waals surface area contributed by atoms with Crippen molar-refractivity contribution in [2.75, 3.05) is 6.61 Å². The lowest BCUT2D eigenvalue weighted by molar-refractivity contribution is -0.124. The van der Waals surface area contributed by atoms with E-state index in [1.807, 2.05) is 18.2 Å². The van der Waals surface area contributed by atoms with Gasteiger partial charge in [-0.15, -0.1) is 12.4 Å². The normalized spacial score (nSPS) is 35.1. The first kappa shape index (κ1) is 17.7. The second-order valence-corrected chi connectivity index (χ2v) is 7.21. The van der Waals surface area contributed by atoms with Gasteiger partial charge in [0.1, 0.15) is 6.10 Å². The van der Waals surface area contributed by atoms with Crippen LogP contribution in [0, 0.1) is 5.92 Å². The van der Waals surface area contributed by atoms with E-state index in [1.165, 1.54) is 25.7 Å². The number of hydrogen-bond donors (Lipinski definition) is 2. The molecule has 0 bridgehead atoms. The summed E-state index contributed by atoms with van der Waals surface area (Å²) in [6.45, 7) is 0.716. The Labute approximate surface area is 150 Å². The van der Waals surface area contributed by atoms with Crippen LogP contribution in [-0.4, -0.2) is 30.6 Å². The summed E-state index contributed by atoms with van der Waals surface area (Å²) >= 11 is 0. The van der Waals surface area contributed by atoms with Crippen molar-refractivity contribution in [3.63, 3.8) is 0 Å². The van der Waals surface area contributed by atoms with Gasteiger partial charge in [-0.1, -0.05) is 43.2 Å². The molecule has 2 heterocycles. The third-order valence-corrected chi connectivity index (χ3v) is 5.73. The van der Waals surface area contributed by atoms with Gasteiger partial charge in [0.2, 0.25) is 5.91 Å². The fraction of sp³-hybridized carbons (Fsp3) is 0.632. The molecule has 2 saturated heterocycles. The van der Waals surface area contributed by atoms with E-state index in [-0.39, 0.29) is 36.5 Å². The van der Waals surface area contributed by atoms with Crippen LogP contribution in [0.5, 0.6) is 0 Å². The molecule has 24 heavy (non-hydrogen) atoms. The Balaban J connectivity index is 0.00000169. The minimum Gasteiger partial charge on any atom is -0.371 e. The van der Waals surface area contributed by atoms with Crippen LogP contribution in [0.1, 0.15) is 50.2 Å². The zero-order chi connectivity index (χ0) is 15.6. The van der Waals surface area contributed by atoms with Crippen molar-refractivity contribution in [3.8, 4) is 0 Å². The zero-order valence-corrected chi connectivity index (χ0v) is 14.8. The van der Waals surface area contributed by atoms with Crippen molar-refractivity contribution in [2.45, 2.75) is 62.8 Å². The lowest BCUT2D eigenvalue weighted by atomic mass is 9.85. The summed E-state index contributed by atoms with van der Waals surface area (Å²) in [6, 6.07) is 10.9. The van der Waals surface area contributed by atoms with Crippen molar-refractivity contribution in [1.29, 1.82) is 0 Å². The van der Waals surface area contributed by atoms with Gasteiger partial charge in [0.25, 0.3) is 0 Å². The lowest BCUT2D eigenvalue weighted by Gasteiger charge is -2.24. The van der Waals surface area contributed by atoms with E-state index >= 15 is 0 Å². The van der Waals surface area contributed by atoms with Gasteiger partial charge in [-0.3, -0.25) is 4.79 Å². The lowest BCUT2D eigenvalue weighted by Crippen LogP contribution is -2.47. The average molecular weight is 351 g/mol. The van der Waals surface area contributed by atoms with Crippen LogP contribution >= 0.6 is 12.4 Å². The van der Waals surface area contributed by atoms with Crippen LogP contribution in [0.2, 0.25) is 0 Å². The van der Waals surface area contributed by atoms with E-state index in [4.69, 9.17) is 4.74 Å². The summed E-state index contributed by atoms with van der Waals surface area (Å²) in [5, 5.41) is 6.82. The number of nitrogens with one attached hydrogen (secondary N) is 2. The maximum Gasteiger partial charge on any atom is 0.237 e. The van der Waals surface area contributed by atoms with Gasteiger partial charge in [0.05, 0.1) is 12.1 Å². The third kappa shape index (κ3) is 3.61. The monoisotopic (exact) mass is 350 g/mol. The molecule has 1 aliphatic carbocycles. The second-order valence-electron chi connectivity index (χ2n) is 7.21. The van der Waals surface area contributed by atoms with Gasteiger partial charge in [-0.05, 0) is 37.2 Å². The van der Waals surface area contributed by atoms with Crippen molar-refractivity contribution in [3.05, 3.63) is 35.9 Å². The molecule has 1 aromatic rings. The Hall–Kier alpha value is -1.10. The molecule has 0 aromatic heterocycles. The molecule has 1 amide bonds.